The third kappa shape index (κ3) is 7.12. The Morgan fingerprint density at radius 1 is 0.936 bits per heavy atom. The number of carbonyl (C=O) groups is 1. The van der Waals surface area contributed by atoms with E-state index in [-0.39, 0.29) is 12.5 Å². The second kappa shape index (κ2) is 14.1. The molecule has 1 aliphatic rings. The Labute approximate surface area is 288 Å². The van der Waals surface area contributed by atoms with Crippen molar-refractivity contribution in [2.45, 2.75) is 44.3 Å². The normalized spacial score (nSPS) is 14.0. The van der Waals surface area contributed by atoms with Gasteiger partial charge in [0.2, 0.25) is 11.1 Å². The van der Waals surface area contributed by atoms with Crippen molar-refractivity contribution in [3.63, 3.8) is 0 Å². The van der Waals surface area contributed by atoms with Crippen molar-refractivity contribution in [2.75, 3.05) is 17.7 Å². The first kappa shape index (κ1) is 32.5. The highest BCUT2D eigenvalue weighted by Gasteiger charge is 2.35. The summed E-state index contributed by atoms with van der Waals surface area (Å²) in [4.78, 5) is 18.9. The largest absolute Gasteiger partial charge is 0.493 e. The van der Waals surface area contributed by atoms with Crippen molar-refractivity contribution in [3.05, 3.63) is 134 Å². The fourth-order valence-electron chi connectivity index (χ4n) is 5.44. The topological polar surface area (TPSA) is 90.3 Å². The minimum Gasteiger partial charge on any atom is -0.493 e. The number of fused-ring (bicyclic) bond motifs is 1. The van der Waals surface area contributed by atoms with Crippen LogP contribution in [0, 0.1) is 13.8 Å². The van der Waals surface area contributed by atoms with Gasteiger partial charge in [-0.1, -0.05) is 95.1 Å². The fourth-order valence-corrected chi connectivity index (χ4v) is 6.75. The number of amides is 1. The van der Waals surface area contributed by atoms with Crippen LogP contribution in [0.25, 0.3) is 0 Å². The summed E-state index contributed by atoms with van der Waals surface area (Å²) in [6.45, 7) is 6.14. The van der Waals surface area contributed by atoms with Crippen molar-refractivity contribution in [1.29, 1.82) is 0 Å². The SMILES string of the molecule is COc1cc(C2C(C(=O)Nc3ccc(C)cc3C)=C(C)Nc3nc(SCc4ccccc4Cl)nn32)ccc1OCc1ccccc1Cl. The molecule has 0 radical (unpaired) electrons. The summed E-state index contributed by atoms with van der Waals surface area (Å²) in [5.74, 6) is 1.91. The predicted octanol–water partition coefficient (Wildman–Crippen LogP) is 9.01. The van der Waals surface area contributed by atoms with Crippen molar-refractivity contribution in [2.24, 2.45) is 0 Å². The van der Waals surface area contributed by atoms with Crippen LogP contribution in [0.5, 0.6) is 11.5 Å². The summed E-state index contributed by atoms with van der Waals surface area (Å²) in [7, 11) is 1.59. The van der Waals surface area contributed by atoms with Gasteiger partial charge < -0.3 is 20.1 Å². The molecular weight excluding hydrogens is 653 g/mol. The van der Waals surface area contributed by atoms with Crippen LogP contribution in [0.2, 0.25) is 10.0 Å². The average molecular weight is 687 g/mol. The van der Waals surface area contributed by atoms with Gasteiger partial charge in [0.1, 0.15) is 12.6 Å². The van der Waals surface area contributed by atoms with Gasteiger partial charge >= 0.3 is 0 Å². The molecule has 8 nitrogen and oxygen atoms in total. The molecular formula is C36H33Cl2N5O3S. The molecule has 1 atom stereocenters. The van der Waals surface area contributed by atoms with E-state index in [9.17, 15) is 4.79 Å². The first-order valence-electron chi connectivity index (χ1n) is 14.9. The molecule has 0 saturated heterocycles. The zero-order valence-electron chi connectivity index (χ0n) is 26.3. The van der Waals surface area contributed by atoms with E-state index in [1.54, 1.807) is 11.8 Å². The molecule has 1 aliphatic heterocycles. The maximum absolute atomic E-state index is 14.1. The monoisotopic (exact) mass is 685 g/mol. The highest BCUT2D eigenvalue weighted by Crippen LogP contribution is 2.40. The third-order valence-corrected chi connectivity index (χ3v) is 9.49. The van der Waals surface area contributed by atoms with E-state index in [1.165, 1.54) is 11.8 Å². The molecule has 0 bridgehead atoms. The van der Waals surface area contributed by atoms with Gasteiger partial charge in [0.15, 0.2) is 11.5 Å². The smallest absolute Gasteiger partial charge is 0.255 e. The molecule has 1 amide bonds. The van der Waals surface area contributed by atoms with Gasteiger partial charge in [-0.05, 0) is 67.8 Å². The highest BCUT2D eigenvalue weighted by molar-refractivity contribution is 7.98. The van der Waals surface area contributed by atoms with Crippen LogP contribution in [0.15, 0.2) is 101 Å². The second-order valence-corrected chi connectivity index (χ2v) is 12.9. The molecule has 47 heavy (non-hydrogen) atoms. The Bertz CT molecular complexity index is 1990. The maximum Gasteiger partial charge on any atom is 0.255 e. The Morgan fingerprint density at radius 2 is 1.66 bits per heavy atom. The van der Waals surface area contributed by atoms with Crippen molar-refractivity contribution in [3.8, 4) is 11.5 Å². The van der Waals surface area contributed by atoms with E-state index in [4.69, 9.17) is 42.8 Å². The number of nitrogens with zero attached hydrogens (tertiary/aromatic N) is 3. The van der Waals surface area contributed by atoms with Gasteiger partial charge in [0, 0.05) is 32.7 Å². The van der Waals surface area contributed by atoms with Crippen LogP contribution in [-0.4, -0.2) is 27.8 Å². The number of nitrogens with one attached hydrogen (secondary N) is 2. The Balaban J connectivity index is 1.36. The number of anilines is 2. The summed E-state index contributed by atoms with van der Waals surface area (Å²) < 4.78 is 13.7. The van der Waals surface area contributed by atoms with E-state index in [0.717, 1.165) is 33.5 Å². The van der Waals surface area contributed by atoms with Crippen LogP contribution < -0.4 is 20.1 Å². The number of halogens is 2. The summed E-state index contributed by atoms with van der Waals surface area (Å²) in [6.07, 6.45) is 0. The molecule has 2 N–H and O–H groups in total. The number of carbonyl (C=O) groups excluding carboxylic acids is 1. The molecule has 1 unspecified atom stereocenters. The minimum atomic E-state index is -0.620. The van der Waals surface area contributed by atoms with E-state index in [1.807, 2.05) is 106 Å². The lowest BCUT2D eigenvalue weighted by Crippen LogP contribution is -2.31. The fraction of sp³-hybridized carbons (Fsp3) is 0.194. The zero-order chi connectivity index (χ0) is 33.1. The number of thioether (sulfide) groups is 1. The molecule has 0 spiro atoms. The number of aromatic nitrogens is 3. The number of aryl methyl sites for hydroxylation is 2. The number of allylic oxidation sites excluding steroid dienone is 1. The van der Waals surface area contributed by atoms with Gasteiger partial charge in [0.25, 0.3) is 5.91 Å². The number of methoxy groups -OCH3 is 1. The average Bonchev–Trinajstić information content (AvgIpc) is 3.47. The lowest BCUT2D eigenvalue weighted by molar-refractivity contribution is -0.113. The number of hydrogen-bond donors (Lipinski definition) is 2. The quantitative estimate of drug-likeness (QED) is 0.142. The van der Waals surface area contributed by atoms with Crippen LogP contribution in [0.3, 0.4) is 0 Å². The summed E-state index contributed by atoms with van der Waals surface area (Å²) in [5.41, 5.74) is 6.60. The lowest BCUT2D eigenvalue weighted by Gasteiger charge is -2.29. The standard InChI is InChI=1S/C36H33Cl2N5O3S/c1-21-13-15-29(22(2)17-21)40-34(44)32-23(3)39-35-41-36(47-20-26-10-6-8-12-28(26)38)42-43(35)33(32)24-14-16-30(31(18-24)45-4)46-19-25-9-5-7-11-27(25)37/h5-18,33H,19-20H2,1-4H3,(H,40,44)(H,39,41,42). The number of hydrogen-bond acceptors (Lipinski definition) is 7. The number of ether oxygens (including phenoxy) is 2. The maximum atomic E-state index is 14.1. The summed E-state index contributed by atoms with van der Waals surface area (Å²) in [6, 6.07) is 26.2. The second-order valence-electron chi connectivity index (χ2n) is 11.2. The molecule has 11 heteroatoms. The summed E-state index contributed by atoms with van der Waals surface area (Å²) >= 11 is 14.2. The molecule has 0 aliphatic carbocycles. The highest BCUT2D eigenvalue weighted by atomic mass is 35.5. The van der Waals surface area contributed by atoms with Crippen LogP contribution in [0.1, 0.15) is 40.8 Å². The Hall–Kier alpha value is -4.44. The molecule has 5 aromatic rings. The van der Waals surface area contributed by atoms with Crippen LogP contribution in [-0.2, 0) is 17.2 Å². The lowest BCUT2D eigenvalue weighted by atomic mass is 9.94. The summed E-state index contributed by atoms with van der Waals surface area (Å²) in [5, 5.41) is 13.2. The zero-order valence-corrected chi connectivity index (χ0v) is 28.6. The van der Waals surface area contributed by atoms with Gasteiger partial charge in [-0.2, -0.15) is 4.98 Å². The van der Waals surface area contributed by atoms with Gasteiger partial charge in [-0.15, -0.1) is 5.10 Å². The van der Waals surface area contributed by atoms with E-state index >= 15 is 0 Å². The van der Waals surface area contributed by atoms with Crippen molar-refractivity contribution in [1.82, 2.24) is 14.8 Å². The van der Waals surface area contributed by atoms with Crippen molar-refractivity contribution >= 4 is 52.5 Å². The van der Waals surface area contributed by atoms with E-state index in [0.29, 0.717) is 49.7 Å². The minimum absolute atomic E-state index is 0.253. The molecule has 0 fully saturated rings. The van der Waals surface area contributed by atoms with Crippen LogP contribution >= 0.6 is 35.0 Å². The molecule has 2 heterocycles. The van der Waals surface area contributed by atoms with Gasteiger partial charge in [0.05, 0.1) is 12.7 Å². The molecule has 240 valence electrons. The van der Waals surface area contributed by atoms with Crippen molar-refractivity contribution < 1.29 is 14.3 Å². The first-order chi connectivity index (χ1) is 22.7. The third-order valence-electron chi connectivity index (χ3n) is 7.87. The van der Waals surface area contributed by atoms with E-state index < -0.39 is 6.04 Å². The molecule has 4 aromatic carbocycles. The predicted molar refractivity (Wildman–Crippen MR) is 189 cm³/mol. The molecule has 1 aromatic heterocycles. The first-order valence-corrected chi connectivity index (χ1v) is 16.7. The van der Waals surface area contributed by atoms with E-state index in [2.05, 4.69) is 10.6 Å². The Morgan fingerprint density at radius 3 is 2.36 bits per heavy atom. The Kier molecular flexibility index (Phi) is 9.77. The number of rotatable bonds is 10. The van der Waals surface area contributed by atoms with Crippen LogP contribution in [0.4, 0.5) is 11.6 Å². The molecule has 0 saturated carbocycles. The van der Waals surface area contributed by atoms with Gasteiger partial charge in [-0.3, -0.25) is 4.79 Å². The number of benzene rings is 4. The van der Waals surface area contributed by atoms with Gasteiger partial charge in [-0.25, -0.2) is 4.68 Å². The molecule has 6 rings (SSSR count).